The molecule has 1 aromatic heterocycles. The SMILES string of the molecule is CN1[CH-]N(c2[c-]c(Cc3ccccn3)ccc2)c2ccccc21.[Os+2]. The summed E-state index contributed by atoms with van der Waals surface area (Å²) in [6.45, 7) is 2.10. The Morgan fingerprint density at radius 3 is 2.54 bits per heavy atom. The van der Waals surface area contributed by atoms with E-state index in [-0.39, 0.29) is 19.8 Å². The maximum Gasteiger partial charge on any atom is 2.00 e. The van der Waals surface area contributed by atoms with Gasteiger partial charge in [-0.2, -0.15) is 36.5 Å². The third-order valence-electron chi connectivity index (χ3n) is 4.01. The van der Waals surface area contributed by atoms with E-state index in [2.05, 4.69) is 77.0 Å². The molecule has 1 aliphatic rings. The van der Waals surface area contributed by atoms with E-state index in [9.17, 15) is 0 Å². The van der Waals surface area contributed by atoms with Crippen molar-refractivity contribution in [2.45, 2.75) is 6.42 Å². The average Bonchev–Trinajstić information content (AvgIpc) is 2.94. The van der Waals surface area contributed by atoms with Gasteiger partial charge in [0.25, 0.3) is 0 Å². The summed E-state index contributed by atoms with van der Waals surface area (Å²) in [5.74, 6) is 0. The van der Waals surface area contributed by atoms with Crippen molar-refractivity contribution < 1.29 is 19.8 Å². The molecule has 2 heterocycles. The molecular weight excluding hydrogens is 472 g/mol. The van der Waals surface area contributed by atoms with Crippen LogP contribution >= 0.6 is 0 Å². The van der Waals surface area contributed by atoms with E-state index in [1.807, 2.05) is 24.4 Å². The number of hydrogen-bond donors (Lipinski definition) is 0. The monoisotopic (exact) mass is 491 g/mol. The number of rotatable bonds is 3. The van der Waals surface area contributed by atoms with Gasteiger partial charge < -0.3 is 9.80 Å². The molecule has 3 nitrogen and oxygen atoms in total. The molecule has 0 aliphatic carbocycles. The van der Waals surface area contributed by atoms with Gasteiger partial charge >= 0.3 is 19.8 Å². The third-order valence-corrected chi connectivity index (χ3v) is 4.01. The van der Waals surface area contributed by atoms with Crippen LogP contribution < -0.4 is 9.80 Å². The summed E-state index contributed by atoms with van der Waals surface area (Å²) in [7, 11) is 2.07. The fourth-order valence-electron chi connectivity index (χ4n) is 2.90. The van der Waals surface area contributed by atoms with Crippen molar-refractivity contribution in [1.29, 1.82) is 0 Å². The van der Waals surface area contributed by atoms with Gasteiger partial charge in [0.1, 0.15) is 0 Å². The largest absolute Gasteiger partial charge is 2.00 e. The van der Waals surface area contributed by atoms with Gasteiger partial charge in [0.2, 0.25) is 0 Å². The zero-order valence-corrected chi connectivity index (χ0v) is 15.9. The molecule has 0 unspecified atom stereocenters. The van der Waals surface area contributed by atoms with Crippen LogP contribution in [0.4, 0.5) is 17.1 Å². The Morgan fingerprint density at radius 2 is 1.75 bits per heavy atom. The van der Waals surface area contributed by atoms with E-state index < -0.39 is 0 Å². The first kappa shape index (κ1) is 16.7. The second-order valence-electron chi connectivity index (χ2n) is 5.64. The van der Waals surface area contributed by atoms with Crippen LogP contribution in [0.5, 0.6) is 0 Å². The predicted octanol–water partition coefficient (Wildman–Crippen LogP) is 4.18. The van der Waals surface area contributed by atoms with Crippen LogP contribution in [0.2, 0.25) is 0 Å². The van der Waals surface area contributed by atoms with Crippen molar-refractivity contribution in [2.24, 2.45) is 0 Å². The van der Waals surface area contributed by atoms with Crippen molar-refractivity contribution in [1.82, 2.24) is 4.98 Å². The molecule has 4 rings (SSSR count). The standard InChI is InChI=1S/C20H17N3.Os/c1-22-15-23(20-11-3-2-10-19(20)22)18-9-6-7-16(14-18)13-17-8-4-5-12-21-17;/h2-12,15H,13H2,1H3;/q-2;+2. The van der Waals surface area contributed by atoms with E-state index in [0.29, 0.717) is 0 Å². The van der Waals surface area contributed by atoms with Gasteiger partial charge in [-0.3, -0.25) is 4.98 Å². The topological polar surface area (TPSA) is 19.4 Å². The normalized spacial score (nSPS) is 12.7. The molecule has 120 valence electrons. The van der Waals surface area contributed by atoms with Crippen molar-refractivity contribution in [3.05, 3.63) is 90.9 Å². The summed E-state index contributed by atoms with van der Waals surface area (Å²) < 4.78 is 0. The molecule has 4 heteroatoms. The Hall–Kier alpha value is -2.17. The Balaban J connectivity index is 0.00000169. The molecule has 0 fully saturated rings. The molecule has 0 N–H and O–H groups in total. The molecule has 0 saturated heterocycles. The minimum atomic E-state index is 0. The van der Waals surface area contributed by atoms with Crippen molar-refractivity contribution >= 4 is 17.1 Å². The Morgan fingerprint density at radius 1 is 0.958 bits per heavy atom. The van der Waals surface area contributed by atoms with Gasteiger partial charge in [0.05, 0.1) is 0 Å². The molecule has 3 aromatic rings. The fraction of sp³-hybridized carbons (Fsp3) is 0.100. The van der Waals surface area contributed by atoms with Crippen molar-refractivity contribution in [2.75, 3.05) is 16.8 Å². The van der Waals surface area contributed by atoms with E-state index >= 15 is 0 Å². The number of nitrogens with zero attached hydrogens (tertiary/aromatic N) is 3. The van der Waals surface area contributed by atoms with Gasteiger partial charge in [-0.15, -0.1) is 5.69 Å². The van der Waals surface area contributed by atoms with Crippen LogP contribution in [-0.2, 0) is 26.2 Å². The zero-order chi connectivity index (χ0) is 15.6. The number of hydrogen-bond acceptors (Lipinski definition) is 3. The van der Waals surface area contributed by atoms with Gasteiger partial charge in [0, 0.05) is 23.3 Å². The molecule has 2 aromatic carbocycles. The van der Waals surface area contributed by atoms with E-state index in [1.54, 1.807) is 0 Å². The first-order valence-electron chi connectivity index (χ1n) is 7.68. The quantitative estimate of drug-likeness (QED) is 0.515. The molecule has 0 amide bonds. The Bertz CT molecular complexity index is 820. The summed E-state index contributed by atoms with van der Waals surface area (Å²) in [6.07, 6.45) is 2.62. The average molecular weight is 490 g/mol. The Kier molecular flexibility index (Phi) is 4.97. The third kappa shape index (κ3) is 3.20. The second-order valence-corrected chi connectivity index (χ2v) is 5.64. The predicted molar refractivity (Wildman–Crippen MR) is 93.6 cm³/mol. The van der Waals surface area contributed by atoms with Crippen LogP contribution in [0, 0.1) is 12.7 Å². The van der Waals surface area contributed by atoms with Gasteiger partial charge in [0.15, 0.2) is 0 Å². The Labute approximate surface area is 156 Å². The maximum atomic E-state index is 4.40. The molecule has 1 aliphatic heterocycles. The number of anilines is 3. The van der Waals surface area contributed by atoms with Crippen LogP contribution in [0.25, 0.3) is 0 Å². The van der Waals surface area contributed by atoms with Crippen LogP contribution in [-0.4, -0.2) is 12.0 Å². The molecular formula is C20H17N3Os. The zero-order valence-electron chi connectivity index (χ0n) is 13.3. The molecule has 0 saturated carbocycles. The molecule has 24 heavy (non-hydrogen) atoms. The van der Waals surface area contributed by atoms with Crippen LogP contribution in [0.15, 0.2) is 66.9 Å². The number of fused-ring (bicyclic) bond motifs is 1. The summed E-state index contributed by atoms with van der Waals surface area (Å²) in [5.41, 5.74) is 5.64. The fourth-order valence-corrected chi connectivity index (χ4v) is 2.90. The smallest absolute Gasteiger partial charge is 0.504 e. The minimum absolute atomic E-state index is 0. The van der Waals surface area contributed by atoms with Gasteiger partial charge in [-0.25, -0.2) is 0 Å². The second kappa shape index (κ2) is 7.15. The first-order valence-corrected chi connectivity index (χ1v) is 7.68. The summed E-state index contributed by atoms with van der Waals surface area (Å²) in [5, 5.41) is 0. The van der Waals surface area contributed by atoms with Crippen molar-refractivity contribution in [3.63, 3.8) is 0 Å². The van der Waals surface area contributed by atoms with Crippen LogP contribution in [0.1, 0.15) is 11.3 Å². The summed E-state index contributed by atoms with van der Waals surface area (Å²) >= 11 is 0. The van der Waals surface area contributed by atoms with E-state index in [0.717, 1.165) is 23.4 Å². The maximum absolute atomic E-state index is 4.40. The molecule has 0 atom stereocenters. The molecule has 0 bridgehead atoms. The van der Waals surface area contributed by atoms with Gasteiger partial charge in [-0.05, 0) is 37.7 Å². The molecule has 0 radical (unpaired) electrons. The van der Waals surface area contributed by atoms with Crippen LogP contribution in [0.3, 0.4) is 0 Å². The molecule has 0 spiro atoms. The van der Waals surface area contributed by atoms with E-state index in [4.69, 9.17) is 0 Å². The number of pyridine rings is 1. The first-order chi connectivity index (χ1) is 11.3. The number of benzene rings is 2. The van der Waals surface area contributed by atoms with Crippen molar-refractivity contribution in [3.8, 4) is 0 Å². The van der Waals surface area contributed by atoms with E-state index in [1.165, 1.54) is 11.4 Å². The summed E-state index contributed by atoms with van der Waals surface area (Å²) in [6, 6.07) is 24.2. The number of para-hydroxylation sites is 2. The van der Waals surface area contributed by atoms with Gasteiger partial charge in [-0.1, -0.05) is 18.2 Å². The number of aromatic nitrogens is 1. The summed E-state index contributed by atoms with van der Waals surface area (Å²) in [4.78, 5) is 8.71. The minimum Gasteiger partial charge on any atom is -0.504 e.